The van der Waals surface area contributed by atoms with Crippen LogP contribution in [-0.2, 0) is 23.0 Å². The molecule has 1 aliphatic rings. The molecular formula is C21H23FN4O3S. The Morgan fingerprint density at radius 1 is 1.13 bits per heavy atom. The van der Waals surface area contributed by atoms with Gasteiger partial charge in [0, 0.05) is 30.9 Å². The van der Waals surface area contributed by atoms with Crippen LogP contribution in [0, 0.1) is 5.82 Å². The van der Waals surface area contributed by atoms with Gasteiger partial charge < -0.3 is 9.42 Å². The molecule has 158 valence electrons. The number of halogens is 1. The third-order valence-corrected chi connectivity index (χ3v) is 7.33. The number of aromatic nitrogens is 2. The average Bonchev–Trinajstić information content (AvgIpc) is 3.36. The van der Waals surface area contributed by atoms with Crippen molar-refractivity contribution in [2.24, 2.45) is 0 Å². The zero-order chi connectivity index (χ0) is 21.3. The summed E-state index contributed by atoms with van der Waals surface area (Å²) in [5.74, 6) is 0.533. The third kappa shape index (κ3) is 3.82. The maximum atomic E-state index is 13.1. The van der Waals surface area contributed by atoms with Crippen molar-refractivity contribution in [1.29, 1.82) is 0 Å². The summed E-state index contributed by atoms with van der Waals surface area (Å²) in [5, 5.41) is 3.98. The van der Waals surface area contributed by atoms with E-state index >= 15 is 0 Å². The molecule has 0 fully saturated rings. The molecule has 2 heterocycles. The number of hydrogen-bond acceptors (Lipinski definition) is 6. The molecule has 4 rings (SSSR count). The molecule has 9 heteroatoms. The minimum Gasteiger partial charge on any atom is -0.362 e. The van der Waals surface area contributed by atoms with Crippen molar-refractivity contribution < 1.29 is 17.3 Å². The van der Waals surface area contributed by atoms with Crippen LogP contribution in [0.5, 0.6) is 0 Å². The Bertz CT molecular complexity index is 1140. The van der Waals surface area contributed by atoms with Crippen LogP contribution in [0.2, 0.25) is 0 Å². The van der Waals surface area contributed by atoms with E-state index < -0.39 is 10.0 Å². The topological polar surface area (TPSA) is 79.5 Å². The monoisotopic (exact) mass is 430 g/mol. The van der Waals surface area contributed by atoms with E-state index in [1.807, 2.05) is 19.9 Å². The minimum atomic E-state index is -3.48. The van der Waals surface area contributed by atoms with Crippen LogP contribution >= 0.6 is 0 Å². The van der Waals surface area contributed by atoms with Gasteiger partial charge in [0.15, 0.2) is 0 Å². The molecule has 1 aliphatic heterocycles. The van der Waals surface area contributed by atoms with Gasteiger partial charge in [-0.05, 0) is 54.4 Å². The highest BCUT2D eigenvalue weighted by Crippen LogP contribution is 2.32. The summed E-state index contributed by atoms with van der Waals surface area (Å²) >= 11 is 0. The molecule has 0 spiro atoms. The summed E-state index contributed by atoms with van der Waals surface area (Å²) in [6.07, 6.45) is 0.746. The van der Waals surface area contributed by atoms with Crippen LogP contribution in [0.15, 0.2) is 51.9 Å². The quantitative estimate of drug-likeness (QED) is 0.571. The normalized spacial score (nSPS) is 13.8. The highest BCUT2D eigenvalue weighted by molar-refractivity contribution is 7.89. The fraction of sp³-hybridized carbons (Fsp3) is 0.333. The van der Waals surface area contributed by atoms with E-state index in [1.54, 1.807) is 24.3 Å². The molecule has 0 amide bonds. The zero-order valence-electron chi connectivity index (χ0n) is 16.9. The first-order chi connectivity index (χ1) is 14.4. The summed E-state index contributed by atoms with van der Waals surface area (Å²) in [4.78, 5) is 6.82. The van der Waals surface area contributed by atoms with Crippen molar-refractivity contribution in [2.45, 2.75) is 31.7 Å². The lowest BCUT2D eigenvalue weighted by Crippen LogP contribution is -2.30. The molecule has 7 nitrogen and oxygen atoms in total. The average molecular weight is 431 g/mol. The lowest BCUT2D eigenvalue weighted by Gasteiger charge is -2.20. The van der Waals surface area contributed by atoms with Crippen molar-refractivity contribution in [3.63, 3.8) is 0 Å². The van der Waals surface area contributed by atoms with E-state index in [9.17, 15) is 12.8 Å². The molecule has 0 N–H and O–H groups in total. The maximum Gasteiger partial charge on any atom is 0.246 e. The summed E-state index contributed by atoms with van der Waals surface area (Å²) < 4.78 is 45.5. The molecule has 30 heavy (non-hydrogen) atoms. The number of sulfonamides is 1. The largest absolute Gasteiger partial charge is 0.362 e. The van der Waals surface area contributed by atoms with Crippen molar-refractivity contribution >= 4 is 15.7 Å². The van der Waals surface area contributed by atoms with Crippen LogP contribution in [0.3, 0.4) is 0 Å². The van der Waals surface area contributed by atoms with Gasteiger partial charge in [-0.15, -0.1) is 0 Å². The van der Waals surface area contributed by atoms with Gasteiger partial charge in [-0.3, -0.25) is 0 Å². The molecule has 0 bridgehead atoms. The van der Waals surface area contributed by atoms with Crippen LogP contribution in [-0.4, -0.2) is 42.5 Å². The fourth-order valence-electron chi connectivity index (χ4n) is 3.68. The predicted octanol–water partition coefficient (Wildman–Crippen LogP) is 3.47. The molecular weight excluding hydrogens is 407 g/mol. The zero-order valence-corrected chi connectivity index (χ0v) is 17.7. The molecule has 0 saturated heterocycles. The van der Waals surface area contributed by atoms with Gasteiger partial charge in [0.05, 0.1) is 11.4 Å². The van der Waals surface area contributed by atoms with E-state index in [2.05, 4.69) is 15.0 Å². The van der Waals surface area contributed by atoms with E-state index in [1.165, 1.54) is 16.4 Å². The molecule has 1 aromatic heterocycles. The number of anilines is 1. The first kappa shape index (κ1) is 20.5. The van der Waals surface area contributed by atoms with Gasteiger partial charge in [0.1, 0.15) is 5.82 Å². The third-order valence-electron chi connectivity index (χ3n) is 5.28. The molecule has 0 unspecified atom stereocenters. The van der Waals surface area contributed by atoms with Crippen LogP contribution in [0.25, 0.3) is 11.4 Å². The smallest absolute Gasteiger partial charge is 0.246 e. The minimum absolute atomic E-state index is 0.321. The Balaban J connectivity index is 1.53. The van der Waals surface area contributed by atoms with Gasteiger partial charge in [0.2, 0.25) is 21.7 Å². The molecule has 2 aromatic carbocycles. The summed E-state index contributed by atoms with van der Waals surface area (Å²) in [6.45, 7) is 5.70. The van der Waals surface area contributed by atoms with Gasteiger partial charge in [0.25, 0.3) is 0 Å². The fourth-order valence-corrected chi connectivity index (χ4v) is 5.19. The first-order valence-corrected chi connectivity index (χ1v) is 11.3. The van der Waals surface area contributed by atoms with Gasteiger partial charge in [-0.25, -0.2) is 12.8 Å². The maximum absolute atomic E-state index is 13.1. The van der Waals surface area contributed by atoms with Crippen molar-refractivity contribution in [2.75, 3.05) is 24.5 Å². The number of fused-ring (bicyclic) bond motifs is 1. The molecule has 0 saturated carbocycles. The second-order valence-electron chi connectivity index (χ2n) is 7.07. The van der Waals surface area contributed by atoms with E-state index in [-0.39, 0.29) is 5.82 Å². The molecule has 0 aliphatic carbocycles. The summed E-state index contributed by atoms with van der Waals surface area (Å²) in [5.41, 5.74) is 2.64. The van der Waals surface area contributed by atoms with Crippen molar-refractivity contribution in [1.82, 2.24) is 14.4 Å². The van der Waals surface area contributed by atoms with E-state index in [4.69, 9.17) is 4.52 Å². The van der Waals surface area contributed by atoms with Crippen molar-refractivity contribution in [3.05, 3.63) is 59.7 Å². The molecule has 3 aromatic rings. The second-order valence-corrected chi connectivity index (χ2v) is 9.01. The Labute approximate surface area is 175 Å². The van der Waals surface area contributed by atoms with E-state index in [0.29, 0.717) is 41.8 Å². The number of hydrogen-bond donors (Lipinski definition) is 0. The van der Waals surface area contributed by atoms with Gasteiger partial charge >= 0.3 is 0 Å². The lowest BCUT2D eigenvalue weighted by atomic mass is 10.2. The summed E-state index contributed by atoms with van der Waals surface area (Å²) in [6, 6.07) is 11.2. The van der Waals surface area contributed by atoms with Crippen LogP contribution in [0.1, 0.15) is 25.3 Å². The number of nitrogens with zero attached hydrogens (tertiary/aromatic N) is 4. The summed E-state index contributed by atoms with van der Waals surface area (Å²) in [7, 11) is -3.48. The Morgan fingerprint density at radius 3 is 2.57 bits per heavy atom. The molecule has 0 radical (unpaired) electrons. The first-order valence-electron chi connectivity index (χ1n) is 9.89. The highest BCUT2D eigenvalue weighted by Gasteiger charge is 2.26. The SMILES string of the molecule is CCN(CC)S(=O)(=O)c1ccc2c(c1)CCN2Cc1nc(-c2ccc(F)cc2)no1. The Kier molecular flexibility index (Phi) is 5.57. The highest BCUT2D eigenvalue weighted by atomic mass is 32.2. The van der Waals surface area contributed by atoms with E-state index in [0.717, 1.165) is 24.2 Å². The number of rotatable bonds is 7. The van der Waals surface area contributed by atoms with Crippen LogP contribution < -0.4 is 4.90 Å². The standard InChI is InChI=1S/C21H23FN4O3S/c1-3-26(4-2)30(27,28)18-9-10-19-16(13-18)11-12-25(19)14-20-23-21(24-29-20)15-5-7-17(22)8-6-15/h5-10,13H,3-4,11-12,14H2,1-2H3. The second kappa shape index (κ2) is 8.16. The Hall–Kier alpha value is -2.78. The lowest BCUT2D eigenvalue weighted by molar-refractivity contribution is 0.377. The van der Waals surface area contributed by atoms with Gasteiger partial charge in [-0.1, -0.05) is 19.0 Å². The molecule has 0 atom stereocenters. The predicted molar refractivity (Wildman–Crippen MR) is 111 cm³/mol. The van der Waals surface area contributed by atoms with Crippen molar-refractivity contribution in [3.8, 4) is 11.4 Å². The van der Waals surface area contributed by atoms with Crippen LogP contribution in [0.4, 0.5) is 10.1 Å². The number of benzene rings is 2. The Morgan fingerprint density at radius 2 is 1.87 bits per heavy atom. The van der Waals surface area contributed by atoms with Gasteiger partial charge in [-0.2, -0.15) is 9.29 Å².